The van der Waals surface area contributed by atoms with E-state index in [9.17, 15) is 5.11 Å². The van der Waals surface area contributed by atoms with Crippen LogP contribution in [0.1, 0.15) is 16.4 Å². The number of hydrogen-bond acceptors (Lipinski definition) is 4. The average Bonchev–Trinajstić information content (AvgIpc) is 3.01. The number of fused-ring (bicyclic) bond motifs is 1. The SMILES string of the molecule is Oc1ccc(C2=Nc3ccccc3SC(c3ccccc3Cl)C2CNc2ccc(Cl)cc2)cc1. The van der Waals surface area contributed by atoms with Crippen molar-refractivity contribution in [2.75, 3.05) is 11.9 Å². The molecule has 4 aromatic rings. The Labute approximate surface area is 213 Å². The molecule has 2 N–H and O–H groups in total. The minimum Gasteiger partial charge on any atom is -0.508 e. The lowest BCUT2D eigenvalue weighted by atomic mass is 9.89. The van der Waals surface area contributed by atoms with E-state index >= 15 is 0 Å². The van der Waals surface area contributed by atoms with Crippen molar-refractivity contribution in [3.63, 3.8) is 0 Å². The summed E-state index contributed by atoms with van der Waals surface area (Å²) in [5, 5.41) is 14.9. The van der Waals surface area contributed by atoms with Gasteiger partial charge in [0.15, 0.2) is 0 Å². The molecular weight excluding hydrogens is 483 g/mol. The normalized spacial score (nSPS) is 17.4. The van der Waals surface area contributed by atoms with Gasteiger partial charge in [0, 0.05) is 38.3 Å². The summed E-state index contributed by atoms with van der Waals surface area (Å²) in [7, 11) is 0. The van der Waals surface area contributed by atoms with E-state index in [0.717, 1.165) is 38.1 Å². The molecule has 1 aliphatic heterocycles. The Hall–Kier alpha value is -2.92. The zero-order valence-electron chi connectivity index (χ0n) is 18.2. The molecule has 0 saturated carbocycles. The first-order chi connectivity index (χ1) is 16.6. The summed E-state index contributed by atoms with van der Waals surface area (Å²) in [5.74, 6) is 0.212. The molecule has 2 unspecified atom stereocenters. The van der Waals surface area contributed by atoms with Gasteiger partial charge in [-0.3, -0.25) is 4.99 Å². The Balaban J connectivity index is 1.63. The minimum atomic E-state index is -0.0162. The van der Waals surface area contributed by atoms with Crippen LogP contribution in [0.25, 0.3) is 0 Å². The third-order valence-corrected chi connectivity index (χ3v) is 7.85. The molecule has 3 nitrogen and oxygen atoms in total. The predicted molar refractivity (Wildman–Crippen MR) is 144 cm³/mol. The molecule has 0 spiro atoms. The van der Waals surface area contributed by atoms with Crippen molar-refractivity contribution >= 4 is 52.1 Å². The highest BCUT2D eigenvalue weighted by molar-refractivity contribution is 7.99. The summed E-state index contributed by atoms with van der Waals surface area (Å²) in [5.41, 5.74) is 4.90. The quantitative estimate of drug-likeness (QED) is 0.286. The van der Waals surface area contributed by atoms with Gasteiger partial charge in [0.05, 0.1) is 11.4 Å². The van der Waals surface area contributed by atoms with Crippen LogP contribution in [0.3, 0.4) is 0 Å². The molecule has 4 aromatic carbocycles. The molecule has 0 radical (unpaired) electrons. The summed E-state index contributed by atoms with van der Waals surface area (Å²) >= 11 is 14.6. The number of aliphatic imine (C=N–C) groups is 1. The summed E-state index contributed by atoms with van der Waals surface area (Å²) < 4.78 is 0. The number of anilines is 1. The Bertz CT molecular complexity index is 1320. The van der Waals surface area contributed by atoms with Crippen molar-refractivity contribution in [2.45, 2.75) is 10.1 Å². The van der Waals surface area contributed by atoms with Gasteiger partial charge in [-0.2, -0.15) is 0 Å². The number of nitrogens with zero attached hydrogens (tertiary/aromatic N) is 1. The maximum Gasteiger partial charge on any atom is 0.115 e. The summed E-state index contributed by atoms with van der Waals surface area (Å²) in [6.07, 6.45) is 0. The van der Waals surface area contributed by atoms with E-state index in [-0.39, 0.29) is 16.9 Å². The number of aromatic hydroxyl groups is 1. The zero-order valence-corrected chi connectivity index (χ0v) is 20.5. The van der Waals surface area contributed by atoms with Gasteiger partial charge >= 0.3 is 0 Å². The van der Waals surface area contributed by atoms with E-state index in [1.165, 1.54) is 0 Å². The summed E-state index contributed by atoms with van der Waals surface area (Å²) in [6, 6.07) is 31.2. The number of phenols is 1. The Morgan fingerprint density at radius 1 is 0.824 bits per heavy atom. The second-order valence-corrected chi connectivity index (χ2v) is 10.1. The Morgan fingerprint density at radius 3 is 2.29 bits per heavy atom. The number of para-hydroxylation sites is 1. The molecule has 5 rings (SSSR count). The van der Waals surface area contributed by atoms with Crippen molar-refractivity contribution in [1.82, 2.24) is 0 Å². The summed E-state index contributed by atoms with van der Waals surface area (Å²) in [6.45, 7) is 0.637. The van der Waals surface area contributed by atoms with Crippen LogP contribution in [-0.4, -0.2) is 17.4 Å². The number of nitrogens with one attached hydrogen (secondary N) is 1. The van der Waals surface area contributed by atoms with Crippen LogP contribution in [0.15, 0.2) is 107 Å². The van der Waals surface area contributed by atoms with Crippen molar-refractivity contribution in [3.8, 4) is 5.75 Å². The molecule has 0 fully saturated rings. The van der Waals surface area contributed by atoms with Crippen LogP contribution in [-0.2, 0) is 0 Å². The number of hydrogen-bond donors (Lipinski definition) is 2. The molecule has 0 saturated heterocycles. The van der Waals surface area contributed by atoms with Crippen LogP contribution >= 0.6 is 35.0 Å². The van der Waals surface area contributed by atoms with E-state index in [2.05, 4.69) is 17.4 Å². The number of thioether (sulfide) groups is 1. The van der Waals surface area contributed by atoms with Crippen molar-refractivity contribution in [3.05, 3.63) is 118 Å². The number of halogens is 2. The Kier molecular flexibility index (Phi) is 6.82. The standard InChI is InChI=1S/C28H22Cl2N2OS/c29-19-11-13-20(14-12-19)31-17-23-27(18-9-15-21(33)16-10-18)32-25-7-3-4-8-26(25)34-28(23)22-5-1-2-6-24(22)30/h1-16,23,28,31,33H,17H2. The number of rotatable bonds is 5. The van der Waals surface area contributed by atoms with Crippen LogP contribution in [0.2, 0.25) is 10.0 Å². The molecule has 6 heteroatoms. The molecule has 34 heavy (non-hydrogen) atoms. The molecule has 0 bridgehead atoms. The number of benzene rings is 4. The van der Waals surface area contributed by atoms with Gasteiger partial charge < -0.3 is 10.4 Å². The first-order valence-corrected chi connectivity index (χ1v) is 12.6. The van der Waals surface area contributed by atoms with Gasteiger partial charge in [-0.25, -0.2) is 0 Å². The van der Waals surface area contributed by atoms with Crippen LogP contribution < -0.4 is 5.32 Å². The molecule has 1 heterocycles. The van der Waals surface area contributed by atoms with Gasteiger partial charge in [-0.15, -0.1) is 11.8 Å². The third-order valence-electron chi connectivity index (χ3n) is 5.82. The van der Waals surface area contributed by atoms with E-state index < -0.39 is 0 Å². The van der Waals surface area contributed by atoms with Gasteiger partial charge in [-0.05, 0) is 77.9 Å². The highest BCUT2D eigenvalue weighted by Gasteiger charge is 2.34. The summed E-state index contributed by atoms with van der Waals surface area (Å²) in [4.78, 5) is 6.27. The first kappa shape index (κ1) is 22.9. The maximum absolute atomic E-state index is 9.89. The lowest BCUT2D eigenvalue weighted by Crippen LogP contribution is -2.28. The molecule has 2 atom stereocenters. The highest BCUT2D eigenvalue weighted by Crippen LogP contribution is 2.49. The predicted octanol–water partition coefficient (Wildman–Crippen LogP) is 8.40. The van der Waals surface area contributed by atoms with E-state index in [1.807, 2.05) is 72.8 Å². The van der Waals surface area contributed by atoms with Crippen molar-refractivity contribution in [1.29, 1.82) is 0 Å². The second kappa shape index (κ2) is 10.1. The van der Waals surface area contributed by atoms with Gasteiger partial charge in [0.25, 0.3) is 0 Å². The van der Waals surface area contributed by atoms with E-state index in [4.69, 9.17) is 28.2 Å². The fourth-order valence-corrected chi connectivity index (χ4v) is 5.95. The molecule has 1 aliphatic rings. The third kappa shape index (κ3) is 4.95. The monoisotopic (exact) mass is 504 g/mol. The fourth-order valence-electron chi connectivity index (χ4n) is 4.12. The van der Waals surface area contributed by atoms with E-state index in [0.29, 0.717) is 11.6 Å². The smallest absolute Gasteiger partial charge is 0.115 e. The maximum atomic E-state index is 9.89. The lowest BCUT2D eigenvalue weighted by Gasteiger charge is -2.28. The first-order valence-electron chi connectivity index (χ1n) is 11.0. The van der Waals surface area contributed by atoms with Gasteiger partial charge in [-0.1, -0.05) is 53.5 Å². The topological polar surface area (TPSA) is 44.6 Å². The van der Waals surface area contributed by atoms with E-state index in [1.54, 1.807) is 23.9 Å². The highest BCUT2D eigenvalue weighted by atomic mass is 35.5. The van der Waals surface area contributed by atoms with Gasteiger partial charge in [0.2, 0.25) is 0 Å². The number of phenolic OH excluding ortho intramolecular Hbond substituents is 1. The second-order valence-electron chi connectivity index (χ2n) is 8.07. The average molecular weight is 505 g/mol. The zero-order chi connectivity index (χ0) is 23.5. The lowest BCUT2D eigenvalue weighted by molar-refractivity contribution is 0.475. The van der Waals surface area contributed by atoms with Gasteiger partial charge in [0.1, 0.15) is 5.75 Å². The molecule has 170 valence electrons. The molecule has 0 aliphatic carbocycles. The minimum absolute atomic E-state index is 0.0162. The molecule has 0 aromatic heterocycles. The molecular formula is C28H22Cl2N2OS. The van der Waals surface area contributed by atoms with Crippen LogP contribution in [0.5, 0.6) is 5.75 Å². The Morgan fingerprint density at radius 2 is 1.53 bits per heavy atom. The van der Waals surface area contributed by atoms with Crippen LogP contribution in [0.4, 0.5) is 11.4 Å². The fraction of sp³-hybridized carbons (Fsp3) is 0.107. The van der Waals surface area contributed by atoms with Crippen LogP contribution in [0, 0.1) is 5.92 Å². The van der Waals surface area contributed by atoms with Crippen molar-refractivity contribution < 1.29 is 5.11 Å². The molecule has 0 amide bonds. The van der Waals surface area contributed by atoms with Crippen molar-refractivity contribution in [2.24, 2.45) is 10.9 Å². The largest absolute Gasteiger partial charge is 0.508 e.